The number of carbonyl (C=O) groups excluding carboxylic acids is 2. The number of anilines is 2. The van der Waals surface area contributed by atoms with E-state index in [0.29, 0.717) is 22.9 Å². The van der Waals surface area contributed by atoms with Crippen molar-refractivity contribution in [3.8, 4) is 5.75 Å². The predicted molar refractivity (Wildman–Crippen MR) is 152 cm³/mol. The number of halogens is 3. The van der Waals surface area contributed by atoms with Gasteiger partial charge < -0.3 is 20.8 Å². The molecule has 11 heteroatoms. The maximum Gasteiger partial charge on any atom is 0.416 e. The second kappa shape index (κ2) is 13.2. The van der Waals surface area contributed by atoms with E-state index < -0.39 is 35.4 Å². The summed E-state index contributed by atoms with van der Waals surface area (Å²) in [6, 6.07) is 15.3. The minimum absolute atomic E-state index is 0.0136. The van der Waals surface area contributed by atoms with Gasteiger partial charge in [-0.25, -0.2) is 4.79 Å². The molecule has 0 radical (unpaired) electrons. The van der Waals surface area contributed by atoms with Crippen LogP contribution in [-0.2, 0) is 17.5 Å². The van der Waals surface area contributed by atoms with Gasteiger partial charge in [-0.15, -0.1) is 0 Å². The summed E-state index contributed by atoms with van der Waals surface area (Å²) in [5.74, 6) is -2.13. The molecule has 3 amide bonds. The molecule has 4 rings (SSSR count). The van der Waals surface area contributed by atoms with Crippen molar-refractivity contribution in [1.82, 2.24) is 5.32 Å². The van der Waals surface area contributed by atoms with E-state index >= 15 is 0 Å². The zero-order valence-electron chi connectivity index (χ0n) is 22.6. The molecule has 1 aliphatic carbocycles. The van der Waals surface area contributed by atoms with Crippen LogP contribution in [0.1, 0.15) is 59.2 Å². The lowest BCUT2D eigenvalue weighted by Gasteiger charge is -2.24. The SMILES string of the molecule is O=C(O)CCNC(=O)c1ccc(CN(C(=O)Nc2cc(O)cc(C(F)(F)F)c2)c2ccc(C3=CCCCC3)cc2)cc1. The highest BCUT2D eigenvalue weighted by Crippen LogP contribution is 2.34. The molecule has 0 unspecified atom stereocenters. The minimum atomic E-state index is -4.72. The molecule has 8 nitrogen and oxygen atoms in total. The first-order chi connectivity index (χ1) is 20.0. The van der Waals surface area contributed by atoms with Crippen LogP contribution in [0.15, 0.2) is 72.8 Å². The second-order valence-corrected chi connectivity index (χ2v) is 9.90. The lowest BCUT2D eigenvalue weighted by molar-refractivity contribution is -0.138. The first kappa shape index (κ1) is 30.2. The Bertz CT molecular complexity index is 1470. The maximum absolute atomic E-state index is 13.5. The van der Waals surface area contributed by atoms with Crippen molar-refractivity contribution >= 4 is 34.9 Å². The lowest BCUT2D eigenvalue weighted by Crippen LogP contribution is -2.34. The van der Waals surface area contributed by atoms with E-state index in [2.05, 4.69) is 16.7 Å². The van der Waals surface area contributed by atoms with Gasteiger partial charge in [0.25, 0.3) is 5.91 Å². The molecule has 0 aliphatic heterocycles. The molecule has 42 heavy (non-hydrogen) atoms. The van der Waals surface area contributed by atoms with Gasteiger partial charge in [0, 0.05) is 29.5 Å². The number of urea groups is 1. The highest BCUT2D eigenvalue weighted by atomic mass is 19.4. The zero-order valence-corrected chi connectivity index (χ0v) is 22.6. The number of phenolic OH excluding ortho intramolecular Hbond substituents is 1. The van der Waals surface area contributed by atoms with Gasteiger partial charge >= 0.3 is 18.2 Å². The normalized spacial score (nSPS) is 13.2. The molecule has 0 heterocycles. The van der Waals surface area contributed by atoms with Gasteiger partial charge in [0.1, 0.15) is 5.75 Å². The quantitative estimate of drug-likeness (QED) is 0.221. The van der Waals surface area contributed by atoms with Gasteiger partial charge in [0.05, 0.1) is 18.5 Å². The van der Waals surface area contributed by atoms with E-state index in [1.807, 2.05) is 12.1 Å². The van der Waals surface area contributed by atoms with Crippen LogP contribution < -0.4 is 15.5 Å². The molecule has 1 aliphatic rings. The Balaban J connectivity index is 1.57. The molecule has 3 aromatic carbocycles. The number of carboxylic acids is 1. The van der Waals surface area contributed by atoms with Gasteiger partial charge in [-0.1, -0.05) is 30.3 Å². The number of aliphatic carboxylic acids is 1. The molecule has 220 valence electrons. The number of carboxylic acid groups (broad SMARTS) is 1. The van der Waals surface area contributed by atoms with Gasteiger partial charge in [-0.3, -0.25) is 14.5 Å². The number of amides is 3. The number of nitrogens with zero attached hydrogens (tertiary/aromatic N) is 1. The van der Waals surface area contributed by atoms with E-state index in [4.69, 9.17) is 5.11 Å². The number of aromatic hydroxyl groups is 1. The first-order valence-electron chi connectivity index (χ1n) is 13.4. The summed E-state index contributed by atoms with van der Waals surface area (Å²) in [4.78, 5) is 37.8. The third-order valence-corrected chi connectivity index (χ3v) is 6.76. The fraction of sp³-hybridized carbons (Fsp3) is 0.258. The van der Waals surface area contributed by atoms with E-state index in [0.717, 1.165) is 43.4 Å². The van der Waals surface area contributed by atoms with Crippen molar-refractivity contribution in [1.29, 1.82) is 0 Å². The van der Waals surface area contributed by atoms with E-state index in [9.17, 15) is 32.7 Å². The Morgan fingerprint density at radius 2 is 1.64 bits per heavy atom. The van der Waals surface area contributed by atoms with Crippen LogP contribution in [0.25, 0.3) is 5.57 Å². The summed E-state index contributed by atoms with van der Waals surface area (Å²) in [5, 5.41) is 23.5. The van der Waals surface area contributed by atoms with Crippen LogP contribution in [0.2, 0.25) is 0 Å². The molecule has 0 aromatic heterocycles. The number of hydrogen-bond donors (Lipinski definition) is 4. The van der Waals surface area contributed by atoms with Gasteiger partial charge in [-0.05, 0) is 78.8 Å². The average molecular weight is 582 g/mol. The summed E-state index contributed by atoms with van der Waals surface area (Å²) >= 11 is 0. The van der Waals surface area contributed by atoms with E-state index in [1.54, 1.807) is 24.3 Å². The predicted octanol–water partition coefficient (Wildman–Crippen LogP) is 6.81. The topological polar surface area (TPSA) is 119 Å². The number of phenols is 1. The summed E-state index contributed by atoms with van der Waals surface area (Å²) in [6.07, 6.45) is 1.46. The van der Waals surface area contributed by atoms with Crippen LogP contribution >= 0.6 is 0 Å². The highest BCUT2D eigenvalue weighted by Gasteiger charge is 2.31. The summed E-state index contributed by atoms with van der Waals surface area (Å²) in [5.41, 5.74) is 2.32. The molecule has 0 spiro atoms. The molecule has 3 aromatic rings. The van der Waals surface area contributed by atoms with Crippen molar-refractivity contribution in [2.45, 2.75) is 44.8 Å². The lowest BCUT2D eigenvalue weighted by atomic mass is 9.93. The number of rotatable bonds is 9. The molecule has 0 fully saturated rings. The summed E-state index contributed by atoms with van der Waals surface area (Å²) in [7, 11) is 0. The van der Waals surface area contributed by atoms with Crippen LogP contribution in [0.5, 0.6) is 5.75 Å². The third kappa shape index (κ3) is 8.12. The van der Waals surface area contributed by atoms with Gasteiger partial charge in [-0.2, -0.15) is 13.2 Å². The third-order valence-electron chi connectivity index (χ3n) is 6.76. The monoisotopic (exact) mass is 581 g/mol. The largest absolute Gasteiger partial charge is 0.508 e. The Morgan fingerprint density at radius 3 is 2.26 bits per heavy atom. The van der Waals surface area contributed by atoms with Crippen molar-refractivity contribution in [2.75, 3.05) is 16.8 Å². The molecule has 0 saturated carbocycles. The van der Waals surface area contributed by atoms with Crippen molar-refractivity contribution in [2.24, 2.45) is 0 Å². The van der Waals surface area contributed by atoms with Crippen molar-refractivity contribution in [3.63, 3.8) is 0 Å². The number of carbonyl (C=O) groups is 3. The second-order valence-electron chi connectivity index (χ2n) is 9.90. The molecule has 0 bridgehead atoms. The standard InChI is InChI=1S/C31H30F3N3O5/c32-31(33,34)24-16-25(18-27(38)17-24)36-30(42)37(26-12-10-22(11-13-26)21-4-2-1-3-5-21)19-20-6-8-23(9-7-20)29(41)35-15-14-28(39)40/h4,6-13,16-18,38H,1-3,5,14-15,19H2,(H,35,41)(H,36,42)(H,39,40). The van der Waals surface area contributed by atoms with Crippen molar-refractivity contribution in [3.05, 3.63) is 95.1 Å². The minimum Gasteiger partial charge on any atom is -0.508 e. The Labute approximate surface area is 240 Å². The van der Waals surface area contributed by atoms with Crippen molar-refractivity contribution < 1.29 is 37.8 Å². The first-order valence-corrected chi connectivity index (χ1v) is 13.4. The zero-order chi connectivity index (χ0) is 30.3. The Morgan fingerprint density at radius 1 is 0.929 bits per heavy atom. The van der Waals surface area contributed by atoms with Crippen LogP contribution in [0.4, 0.5) is 29.3 Å². The Kier molecular flexibility index (Phi) is 9.51. The fourth-order valence-electron chi connectivity index (χ4n) is 4.60. The molecule has 0 saturated heterocycles. The average Bonchev–Trinajstić information content (AvgIpc) is 2.96. The number of allylic oxidation sites excluding steroid dienone is 2. The highest BCUT2D eigenvalue weighted by molar-refractivity contribution is 6.02. The molecular formula is C31H30F3N3O5. The maximum atomic E-state index is 13.5. The number of nitrogens with one attached hydrogen (secondary N) is 2. The van der Waals surface area contributed by atoms with Gasteiger partial charge in [0.15, 0.2) is 0 Å². The Hall–Kier alpha value is -4.80. The summed E-state index contributed by atoms with van der Waals surface area (Å²) in [6.45, 7) is -0.0123. The number of alkyl halides is 3. The van der Waals surface area contributed by atoms with E-state index in [-0.39, 0.29) is 25.2 Å². The van der Waals surface area contributed by atoms with E-state index in [1.165, 1.54) is 22.6 Å². The number of benzene rings is 3. The smallest absolute Gasteiger partial charge is 0.416 e. The van der Waals surface area contributed by atoms with Crippen LogP contribution in [-0.4, -0.2) is 34.7 Å². The molecule has 0 atom stereocenters. The summed E-state index contributed by atoms with van der Waals surface area (Å²) < 4.78 is 39.9. The van der Waals surface area contributed by atoms with Crippen LogP contribution in [0, 0.1) is 0 Å². The molecule has 4 N–H and O–H groups in total. The number of hydrogen-bond acceptors (Lipinski definition) is 4. The fourth-order valence-corrected chi connectivity index (χ4v) is 4.60. The van der Waals surface area contributed by atoms with Crippen LogP contribution in [0.3, 0.4) is 0 Å². The molecular weight excluding hydrogens is 551 g/mol. The van der Waals surface area contributed by atoms with Gasteiger partial charge in [0.2, 0.25) is 0 Å².